The summed E-state index contributed by atoms with van der Waals surface area (Å²) in [5.74, 6) is 0.956. The molecule has 18 heavy (non-hydrogen) atoms. The number of methoxy groups -OCH3 is 1. The van der Waals surface area contributed by atoms with Crippen LogP contribution < -0.4 is 4.74 Å². The smallest absolute Gasteiger partial charge is 0.163 e. The van der Waals surface area contributed by atoms with E-state index in [4.69, 9.17) is 4.74 Å². The molecule has 98 valence electrons. The molecule has 1 rings (SSSR count). The van der Waals surface area contributed by atoms with Crippen molar-refractivity contribution in [2.24, 2.45) is 0 Å². The van der Waals surface area contributed by atoms with Crippen LogP contribution in [0.2, 0.25) is 0 Å². The largest absolute Gasteiger partial charge is 0.496 e. The van der Waals surface area contributed by atoms with Crippen molar-refractivity contribution in [3.05, 3.63) is 34.9 Å². The van der Waals surface area contributed by atoms with Gasteiger partial charge in [-0.05, 0) is 26.3 Å². The van der Waals surface area contributed by atoms with Crippen LogP contribution in [0.3, 0.4) is 0 Å². The number of carbonyl (C=O) groups excluding carboxylic acids is 1. The van der Waals surface area contributed by atoms with Gasteiger partial charge in [0.2, 0.25) is 0 Å². The Morgan fingerprint density at radius 2 is 2.06 bits per heavy atom. The van der Waals surface area contributed by atoms with Gasteiger partial charge in [0.05, 0.1) is 7.11 Å². The van der Waals surface area contributed by atoms with Gasteiger partial charge >= 0.3 is 0 Å². The van der Waals surface area contributed by atoms with Crippen molar-refractivity contribution in [2.45, 2.75) is 40.0 Å². The Labute approximate surface area is 110 Å². The number of hydrogen-bond acceptors (Lipinski definition) is 2. The summed E-state index contributed by atoms with van der Waals surface area (Å²) in [4.78, 5) is 11.9. The molecule has 0 aliphatic rings. The first-order valence-corrected chi connectivity index (χ1v) is 6.44. The molecule has 0 spiro atoms. The monoisotopic (exact) mass is 246 g/mol. The van der Waals surface area contributed by atoms with E-state index in [0.29, 0.717) is 6.42 Å². The normalized spacial score (nSPS) is 10.0. The van der Waals surface area contributed by atoms with Crippen LogP contribution in [-0.4, -0.2) is 12.9 Å². The van der Waals surface area contributed by atoms with E-state index in [1.165, 1.54) is 5.57 Å². The summed E-state index contributed by atoms with van der Waals surface area (Å²) in [6.07, 6.45) is 4.65. The van der Waals surface area contributed by atoms with Gasteiger partial charge in [0.25, 0.3) is 0 Å². The minimum Gasteiger partial charge on any atom is -0.496 e. The van der Waals surface area contributed by atoms with E-state index in [1.54, 1.807) is 7.11 Å². The molecular formula is C16H22O2. The molecule has 0 unspecified atom stereocenters. The fourth-order valence-electron chi connectivity index (χ4n) is 1.80. The van der Waals surface area contributed by atoms with Gasteiger partial charge in [-0.2, -0.15) is 0 Å². The Morgan fingerprint density at radius 3 is 2.61 bits per heavy atom. The van der Waals surface area contributed by atoms with Crippen molar-refractivity contribution < 1.29 is 9.53 Å². The van der Waals surface area contributed by atoms with Crippen molar-refractivity contribution in [3.63, 3.8) is 0 Å². The van der Waals surface area contributed by atoms with Crippen LogP contribution in [-0.2, 0) is 0 Å². The maximum atomic E-state index is 11.9. The van der Waals surface area contributed by atoms with Crippen molar-refractivity contribution in [1.29, 1.82) is 0 Å². The summed E-state index contributed by atoms with van der Waals surface area (Å²) in [6, 6.07) is 5.67. The average molecular weight is 246 g/mol. The van der Waals surface area contributed by atoms with Crippen LogP contribution in [0.25, 0.3) is 6.08 Å². The molecule has 0 bridgehead atoms. The molecule has 0 heterocycles. The van der Waals surface area contributed by atoms with Gasteiger partial charge in [-0.15, -0.1) is 0 Å². The number of benzene rings is 1. The first kappa shape index (κ1) is 14.5. The molecule has 2 heteroatoms. The number of allylic oxidation sites excluding steroid dienone is 1. The molecule has 2 nitrogen and oxygen atoms in total. The molecule has 1 aromatic carbocycles. The molecule has 0 saturated heterocycles. The number of rotatable bonds is 6. The van der Waals surface area contributed by atoms with Crippen LogP contribution in [0.15, 0.2) is 23.8 Å². The second-order valence-electron chi connectivity index (χ2n) is 4.71. The lowest BCUT2D eigenvalue weighted by Gasteiger charge is -2.08. The zero-order valence-corrected chi connectivity index (χ0v) is 11.7. The third kappa shape index (κ3) is 4.02. The summed E-state index contributed by atoms with van der Waals surface area (Å²) >= 11 is 0. The molecule has 0 atom stereocenters. The molecule has 0 aliphatic carbocycles. The zero-order chi connectivity index (χ0) is 13.5. The standard InChI is InChI=1S/C16H22O2/c1-5-6-7-15(17)13-8-9-14(10-12(2)3)16(11-13)18-4/h8-11H,5-7H2,1-4H3. The summed E-state index contributed by atoms with van der Waals surface area (Å²) in [7, 11) is 1.64. The lowest BCUT2D eigenvalue weighted by atomic mass is 10.0. The maximum Gasteiger partial charge on any atom is 0.163 e. The lowest BCUT2D eigenvalue weighted by Crippen LogP contribution is -2.00. The van der Waals surface area contributed by atoms with Crippen LogP contribution >= 0.6 is 0 Å². The first-order valence-electron chi connectivity index (χ1n) is 6.44. The Balaban J connectivity index is 2.98. The van der Waals surface area contributed by atoms with Gasteiger partial charge in [-0.25, -0.2) is 0 Å². The van der Waals surface area contributed by atoms with Crippen LogP contribution in [0.1, 0.15) is 56.0 Å². The van der Waals surface area contributed by atoms with Crippen LogP contribution in [0, 0.1) is 0 Å². The lowest BCUT2D eigenvalue weighted by molar-refractivity contribution is 0.0979. The first-order chi connectivity index (χ1) is 8.58. The third-order valence-corrected chi connectivity index (χ3v) is 2.76. The van der Waals surface area contributed by atoms with Gasteiger partial charge in [-0.1, -0.05) is 37.1 Å². The summed E-state index contributed by atoms with van der Waals surface area (Å²) in [5.41, 5.74) is 2.97. The number of unbranched alkanes of at least 4 members (excludes halogenated alkanes) is 1. The Hall–Kier alpha value is -1.57. The second-order valence-corrected chi connectivity index (χ2v) is 4.71. The van der Waals surface area contributed by atoms with E-state index in [0.717, 1.165) is 29.7 Å². The molecule has 0 fully saturated rings. The van der Waals surface area contributed by atoms with Crippen LogP contribution in [0.5, 0.6) is 5.75 Å². The van der Waals surface area contributed by atoms with Crippen molar-refractivity contribution >= 4 is 11.9 Å². The molecule has 0 radical (unpaired) electrons. The van der Waals surface area contributed by atoms with Crippen LogP contribution in [0.4, 0.5) is 0 Å². The molecule has 0 aromatic heterocycles. The van der Waals surface area contributed by atoms with Crippen molar-refractivity contribution in [3.8, 4) is 5.75 Å². The number of carbonyl (C=O) groups is 1. The SMILES string of the molecule is CCCCC(=O)c1ccc(C=C(C)C)c(OC)c1. The predicted octanol–water partition coefficient (Wildman–Crippen LogP) is 4.49. The average Bonchev–Trinajstić information content (AvgIpc) is 2.35. The van der Waals surface area contributed by atoms with E-state index >= 15 is 0 Å². The van der Waals surface area contributed by atoms with Gasteiger partial charge in [0.15, 0.2) is 5.78 Å². The highest BCUT2D eigenvalue weighted by Crippen LogP contribution is 2.23. The predicted molar refractivity (Wildman–Crippen MR) is 76.2 cm³/mol. The van der Waals surface area contributed by atoms with Gasteiger partial charge in [-0.3, -0.25) is 4.79 Å². The van der Waals surface area contributed by atoms with Gasteiger partial charge < -0.3 is 4.74 Å². The minimum atomic E-state index is 0.193. The molecular weight excluding hydrogens is 224 g/mol. The zero-order valence-electron chi connectivity index (χ0n) is 11.7. The second kappa shape index (κ2) is 7.00. The summed E-state index contributed by atoms with van der Waals surface area (Å²) in [5, 5.41) is 0. The van der Waals surface area contributed by atoms with E-state index in [-0.39, 0.29) is 5.78 Å². The van der Waals surface area contributed by atoms with Gasteiger partial charge in [0.1, 0.15) is 5.75 Å². The number of hydrogen-bond donors (Lipinski definition) is 0. The summed E-state index contributed by atoms with van der Waals surface area (Å²) in [6.45, 7) is 6.17. The maximum absolute atomic E-state index is 11.9. The molecule has 0 saturated carbocycles. The minimum absolute atomic E-state index is 0.193. The number of ketones is 1. The van der Waals surface area contributed by atoms with Gasteiger partial charge in [0, 0.05) is 17.5 Å². The molecule has 1 aromatic rings. The van der Waals surface area contributed by atoms with Crippen molar-refractivity contribution in [2.75, 3.05) is 7.11 Å². The summed E-state index contributed by atoms with van der Waals surface area (Å²) < 4.78 is 5.34. The Kier molecular flexibility index (Phi) is 5.63. The molecule has 0 N–H and O–H groups in total. The topological polar surface area (TPSA) is 26.3 Å². The fraction of sp³-hybridized carbons (Fsp3) is 0.438. The Bertz CT molecular complexity index is 440. The van der Waals surface area contributed by atoms with Crippen molar-refractivity contribution in [1.82, 2.24) is 0 Å². The highest BCUT2D eigenvalue weighted by molar-refractivity contribution is 5.96. The molecule has 0 aliphatic heterocycles. The highest BCUT2D eigenvalue weighted by Gasteiger charge is 2.08. The quantitative estimate of drug-likeness (QED) is 0.691. The van der Waals surface area contributed by atoms with E-state index in [1.807, 2.05) is 32.0 Å². The number of ether oxygens (including phenoxy) is 1. The Morgan fingerprint density at radius 1 is 1.33 bits per heavy atom. The third-order valence-electron chi connectivity index (χ3n) is 2.76. The van der Waals surface area contributed by atoms with E-state index < -0.39 is 0 Å². The highest BCUT2D eigenvalue weighted by atomic mass is 16.5. The fourth-order valence-corrected chi connectivity index (χ4v) is 1.80. The van der Waals surface area contributed by atoms with E-state index in [9.17, 15) is 4.79 Å². The van der Waals surface area contributed by atoms with E-state index in [2.05, 4.69) is 13.0 Å². The number of Topliss-reactive ketones (excluding diaryl/α,β-unsaturated/α-hetero) is 1. The molecule has 0 amide bonds.